The Morgan fingerprint density at radius 2 is 1.80 bits per heavy atom. The molecule has 3 rings (SSSR count). The number of ether oxygens (including phenoxy) is 1. The molecule has 2 aromatic carbocycles. The smallest absolute Gasteiger partial charge is 0.406 e. The molecular formula is C24H25BrF3N3O4. The number of halogens is 4. The van der Waals surface area contributed by atoms with E-state index in [4.69, 9.17) is 0 Å². The summed E-state index contributed by atoms with van der Waals surface area (Å²) in [4.78, 5) is 39.7. The standard InChI is InChI=1S/C22H19BrF3N3O4.C2H6/c1-12(30)19(11-27-21(32)18-10-14-9-15(23)5-6-17(14)28-18)29-20(31)8-13-3-2-4-16(7-13)33-22(24,25)26;1-2/h2-7,9-10,19,28H,8,11H2,1H3,(H,27,32)(H,29,31);1-2H3. The number of hydrogen-bond acceptors (Lipinski definition) is 4. The predicted octanol–water partition coefficient (Wildman–Crippen LogP) is 4.90. The number of aromatic amines is 1. The maximum atomic E-state index is 12.5. The van der Waals surface area contributed by atoms with Gasteiger partial charge in [-0.3, -0.25) is 14.4 Å². The second-order valence-corrected chi connectivity index (χ2v) is 8.14. The fourth-order valence-electron chi connectivity index (χ4n) is 3.10. The normalized spacial score (nSPS) is 11.7. The molecule has 0 aliphatic carbocycles. The van der Waals surface area contributed by atoms with Crippen molar-refractivity contribution < 1.29 is 32.3 Å². The molecule has 7 nitrogen and oxygen atoms in total. The third-order valence-electron chi connectivity index (χ3n) is 4.62. The Kier molecular flexibility index (Phi) is 9.88. The number of hydrogen-bond donors (Lipinski definition) is 3. The van der Waals surface area contributed by atoms with Crippen LogP contribution in [0.2, 0.25) is 0 Å². The van der Waals surface area contributed by atoms with Crippen LogP contribution in [0, 0.1) is 0 Å². The molecule has 0 bridgehead atoms. The Hall–Kier alpha value is -3.34. The number of carbonyl (C=O) groups excluding carboxylic acids is 3. The summed E-state index contributed by atoms with van der Waals surface area (Å²) < 4.78 is 41.8. The number of ketones is 1. The van der Waals surface area contributed by atoms with Crippen molar-refractivity contribution in [2.45, 2.75) is 39.6 Å². The van der Waals surface area contributed by atoms with Gasteiger partial charge in [0.15, 0.2) is 5.78 Å². The van der Waals surface area contributed by atoms with Gasteiger partial charge in [-0.2, -0.15) is 0 Å². The lowest BCUT2D eigenvalue weighted by Gasteiger charge is -2.17. The van der Waals surface area contributed by atoms with Crippen LogP contribution in [0.1, 0.15) is 36.8 Å². The van der Waals surface area contributed by atoms with Gasteiger partial charge in [-0.1, -0.05) is 41.9 Å². The molecule has 1 unspecified atom stereocenters. The first kappa shape index (κ1) is 27.9. The molecule has 1 atom stereocenters. The van der Waals surface area contributed by atoms with Crippen molar-refractivity contribution in [3.8, 4) is 5.75 Å². The Labute approximate surface area is 208 Å². The van der Waals surface area contributed by atoms with Crippen LogP contribution in [0.3, 0.4) is 0 Å². The number of rotatable bonds is 8. The molecule has 0 saturated carbocycles. The number of benzene rings is 2. The number of amides is 2. The van der Waals surface area contributed by atoms with E-state index < -0.39 is 35.8 Å². The van der Waals surface area contributed by atoms with Gasteiger partial charge in [-0.05, 0) is 48.9 Å². The van der Waals surface area contributed by atoms with Crippen molar-refractivity contribution in [1.82, 2.24) is 15.6 Å². The van der Waals surface area contributed by atoms with Crippen LogP contribution in [-0.2, 0) is 16.0 Å². The van der Waals surface area contributed by atoms with Gasteiger partial charge in [0.2, 0.25) is 5.91 Å². The highest BCUT2D eigenvalue weighted by Gasteiger charge is 2.31. The number of Topliss-reactive ketones (excluding diaryl/α,β-unsaturated/α-hetero) is 1. The van der Waals surface area contributed by atoms with Crippen molar-refractivity contribution in [3.05, 3.63) is 64.3 Å². The lowest BCUT2D eigenvalue weighted by molar-refractivity contribution is -0.274. The molecule has 0 aliphatic rings. The second-order valence-electron chi connectivity index (χ2n) is 7.23. The minimum Gasteiger partial charge on any atom is -0.406 e. The van der Waals surface area contributed by atoms with E-state index in [2.05, 4.69) is 36.3 Å². The van der Waals surface area contributed by atoms with Crippen LogP contribution in [0.4, 0.5) is 13.2 Å². The van der Waals surface area contributed by atoms with E-state index in [-0.39, 0.29) is 18.5 Å². The Morgan fingerprint density at radius 3 is 2.46 bits per heavy atom. The first-order chi connectivity index (χ1) is 16.5. The zero-order valence-electron chi connectivity index (χ0n) is 19.3. The van der Waals surface area contributed by atoms with E-state index in [9.17, 15) is 27.6 Å². The van der Waals surface area contributed by atoms with Gasteiger partial charge < -0.3 is 20.4 Å². The van der Waals surface area contributed by atoms with Crippen LogP contribution >= 0.6 is 15.9 Å². The molecule has 11 heteroatoms. The summed E-state index contributed by atoms with van der Waals surface area (Å²) in [5, 5.41) is 5.91. The highest BCUT2D eigenvalue weighted by molar-refractivity contribution is 9.10. The van der Waals surface area contributed by atoms with Gasteiger partial charge in [0.05, 0.1) is 6.42 Å². The third kappa shape index (κ3) is 8.75. The summed E-state index contributed by atoms with van der Waals surface area (Å²) in [7, 11) is 0. The SMILES string of the molecule is CC.CC(=O)C(CNC(=O)c1cc2cc(Br)ccc2[nH]1)NC(=O)Cc1cccc(OC(F)(F)F)c1. The van der Waals surface area contributed by atoms with E-state index in [1.165, 1.54) is 19.1 Å². The second kappa shape index (κ2) is 12.4. The van der Waals surface area contributed by atoms with Crippen LogP contribution < -0.4 is 15.4 Å². The molecule has 188 valence electrons. The molecule has 2 amide bonds. The lowest BCUT2D eigenvalue weighted by Crippen LogP contribution is -2.48. The summed E-state index contributed by atoms with van der Waals surface area (Å²) in [6.45, 7) is 5.10. The zero-order valence-corrected chi connectivity index (χ0v) is 20.8. The number of alkyl halides is 3. The van der Waals surface area contributed by atoms with Gasteiger partial charge >= 0.3 is 6.36 Å². The van der Waals surface area contributed by atoms with Gasteiger partial charge in [0, 0.05) is 21.9 Å². The summed E-state index contributed by atoms with van der Waals surface area (Å²) in [5.74, 6) is -1.89. The Balaban J connectivity index is 0.00000210. The summed E-state index contributed by atoms with van der Waals surface area (Å²) >= 11 is 3.36. The fourth-order valence-corrected chi connectivity index (χ4v) is 3.47. The van der Waals surface area contributed by atoms with Gasteiger partial charge in [-0.25, -0.2) is 0 Å². The maximum absolute atomic E-state index is 12.5. The van der Waals surface area contributed by atoms with E-state index in [1.54, 1.807) is 6.07 Å². The first-order valence-corrected chi connectivity index (χ1v) is 11.5. The number of fused-ring (bicyclic) bond motifs is 1. The molecule has 3 N–H and O–H groups in total. The predicted molar refractivity (Wildman–Crippen MR) is 129 cm³/mol. The van der Waals surface area contributed by atoms with Gasteiger partial charge in [0.25, 0.3) is 5.91 Å². The number of carbonyl (C=O) groups is 3. The number of H-pyrrole nitrogens is 1. The van der Waals surface area contributed by atoms with Crippen molar-refractivity contribution in [2.75, 3.05) is 6.54 Å². The van der Waals surface area contributed by atoms with Crippen LogP contribution in [0.5, 0.6) is 5.75 Å². The molecule has 1 aromatic heterocycles. The van der Waals surface area contributed by atoms with E-state index in [1.807, 2.05) is 32.0 Å². The zero-order chi connectivity index (χ0) is 26.2. The molecule has 0 aliphatic heterocycles. The van der Waals surface area contributed by atoms with Crippen molar-refractivity contribution in [1.29, 1.82) is 0 Å². The largest absolute Gasteiger partial charge is 0.573 e. The van der Waals surface area contributed by atoms with E-state index in [0.29, 0.717) is 5.69 Å². The van der Waals surface area contributed by atoms with Crippen molar-refractivity contribution in [2.24, 2.45) is 0 Å². The van der Waals surface area contributed by atoms with Gasteiger partial charge in [0.1, 0.15) is 17.5 Å². The molecular weight excluding hydrogens is 531 g/mol. The molecule has 0 radical (unpaired) electrons. The Morgan fingerprint density at radius 1 is 1.09 bits per heavy atom. The quantitative estimate of drug-likeness (QED) is 0.368. The van der Waals surface area contributed by atoms with E-state index in [0.717, 1.165) is 27.5 Å². The highest BCUT2D eigenvalue weighted by Crippen LogP contribution is 2.23. The summed E-state index contributed by atoms with van der Waals surface area (Å²) in [5.41, 5.74) is 1.32. The topological polar surface area (TPSA) is 100 Å². The maximum Gasteiger partial charge on any atom is 0.573 e. The summed E-state index contributed by atoms with van der Waals surface area (Å²) in [6.07, 6.45) is -5.12. The van der Waals surface area contributed by atoms with Gasteiger partial charge in [-0.15, -0.1) is 13.2 Å². The minimum atomic E-state index is -4.85. The third-order valence-corrected chi connectivity index (χ3v) is 5.11. The molecule has 35 heavy (non-hydrogen) atoms. The fraction of sp³-hybridized carbons (Fsp3) is 0.292. The molecule has 1 heterocycles. The first-order valence-electron chi connectivity index (χ1n) is 10.7. The Bertz CT molecular complexity index is 1190. The summed E-state index contributed by atoms with van der Waals surface area (Å²) in [6, 6.07) is 11.1. The number of nitrogens with one attached hydrogen (secondary N) is 3. The minimum absolute atomic E-state index is 0.157. The van der Waals surface area contributed by atoms with Crippen LogP contribution in [0.25, 0.3) is 10.9 Å². The number of aromatic nitrogens is 1. The average molecular weight is 556 g/mol. The molecule has 0 saturated heterocycles. The lowest BCUT2D eigenvalue weighted by atomic mass is 10.1. The van der Waals surface area contributed by atoms with Crippen molar-refractivity contribution >= 4 is 44.4 Å². The molecule has 0 spiro atoms. The molecule has 0 fully saturated rings. The van der Waals surface area contributed by atoms with Crippen LogP contribution in [0.15, 0.2) is 53.0 Å². The van der Waals surface area contributed by atoms with Crippen LogP contribution in [-0.4, -0.2) is 41.5 Å². The highest BCUT2D eigenvalue weighted by atomic mass is 79.9. The monoisotopic (exact) mass is 555 g/mol. The van der Waals surface area contributed by atoms with E-state index >= 15 is 0 Å². The molecule has 3 aromatic rings. The average Bonchev–Trinajstić information content (AvgIpc) is 3.20. The van der Waals surface area contributed by atoms with Crippen molar-refractivity contribution in [3.63, 3.8) is 0 Å².